The predicted octanol–water partition coefficient (Wildman–Crippen LogP) is 2.32. The smallest absolute Gasteiger partial charge is 0.188 e. The van der Waals surface area contributed by atoms with Gasteiger partial charge >= 0.3 is 0 Å². The number of nitrogens with one attached hydrogen (secondary N) is 1. The van der Waals surface area contributed by atoms with Crippen molar-refractivity contribution in [3.8, 4) is 5.75 Å². The van der Waals surface area contributed by atoms with E-state index in [2.05, 4.69) is 31.1 Å². The van der Waals surface area contributed by atoms with Crippen LogP contribution < -0.4 is 15.8 Å². The summed E-state index contributed by atoms with van der Waals surface area (Å²) in [6, 6.07) is 8.02. The Kier molecular flexibility index (Phi) is 6.19. The van der Waals surface area contributed by atoms with Gasteiger partial charge in [-0.1, -0.05) is 31.5 Å². The second kappa shape index (κ2) is 7.67. The molecule has 1 aromatic rings. The van der Waals surface area contributed by atoms with Gasteiger partial charge in [0, 0.05) is 6.54 Å². The van der Waals surface area contributed by atoms with Crippen molar-refractivity contribution in [1.29, 1.82) is 0 Å². The third-order valence-corrected chi connectivity index (χ3v) is 2.56. The van der Waals surface area contributed by atoms with E-state index in [9.17, 15) is 0 Å². The van der Waals surface area contributed by atoms with Gasteiger partial charge in [0.05, 0.1) is 6.54 Å². The normalized spacial score (nSPS) is 13.4. The number of hydrogen-bond donors (Lipinski definition) is 2. The molecule has 3 N–H and O–H groups in total. The van der Waals surface area contributed by atoms with E-state index >= 15 is 0 Å². The first-order chi connectivity index (χ1) is 8.97. The van der Waals surface area contributed by atoms with Gasteiger partial charge in [-0.15, -0.1) is 0 Å². The van der Waals surface area contributed by atoms with E-state index in [0.717, 1.165) is 12.3 Å². The number of ether oxygens (including phenoxy) is 1. The van der Waals surface area contributed by atoms with E-state index in [-0.39, 0.29) is 6.10 Å². The highest BCUT2D eigenvalue weighted by Crippen LogP contribution is 2.12. The van der Waals surface area contributed by atoms with Gasteiger partial charge in [0.1, 0.15) is 11.9 Å². The SMILES string of the molecule is Cc1ccc(OC(C)CNC(N)=NCC(C)C)cc1. The summed E-state index contributed by atoms with van der Waals surface area (Å²) in [5.74, 6) is 1.87. The number of aliphatic imine (C=N–C) groups is 1. The van der Waals surface area contributed by atoms with Crippen molar-refractivity contribution in [2.45, 2.75) is 33.8 Å². The average Bonchev–Trinajstić information content (AvgIpc) is 2.36. The van der Waals surface area contributed by atoms with Gasteiger partial charge in [-0.25, -0.2) is 0 Å². The van der Waals surface area contributed by atoms with Crippen LogP contribution in [0.15, 0.2) is 29.3 Å². The fourth-order valence-electron chi connectivity index (χ4n) is 1.48. The number of nitrogens with two attached hydrogens (primary N) is 1. The molecule has 0 aliphatic heterocycles. The van der Waals surface area contributed by atoms with Crippen molar-refractivity contribution < 1.29 is 4.74 Å². The van der Waals surface area contributed by atoms with Crippen LogP contribution in [-0.4, -0.2) is 25.2 Å². The minimum atomic E-state index is 0.0375. The Bertz CT molecular complexity index is 398. The molecule has 1 aromatic carbocycles. The van der Waals surface area contributed by atoms with Gasteiger partial charge in [0.15, 0.2) is 5.96 Å². The van der Waals surface area contributed by atoms with Crippen LogP contribution in [0.5, 0.6) is 5.75 Å². The van der Waals surface area contributed by atoms with Crippen LogP contribution in [-0.2, 0) is 0 Å². The Labute approximate surface area is 116 Å². The van der Waals surface area contributed by atoms with Gasteiger partial charge in [-0.05, 0) is 31.9 Å². The first kappa shape index (κ1) is 15.3. The average molecular weight is 263 g/mol. The first-order valence-electron chi connectivity index (χ1n) is 6.74. The quantitative estimate of drug-likeness (QED) is 0.611. The monoisotopic (exact) mass is 263 g/mol. The largest absolute Gasteiger partial charge is 0.489 e. The Morgan fingerprint density at radius 3 is 2.47 bits per heavy atom. The van der Waals surface area contributed by atoms with E-state index in [1.165, 1.54) is 5.56 Å². The molecule has 0 aromatic heterocycles. The van der Waals surface area contributed by atoms with Crippen molar-refractivity contribution in [1.82, 2.24) is 5.32 Å². The summed E-state index contributed by atoms with van der Waals surface area (Å²) in [6.07, 6.45) is 0.0375. The number of rotatable bonds is 6. The maximum Gasteiger partial charge on any atom is 0.188 e. The standard InChI is InChI=1S/C15H25N3O/c1-11(2)9-17-15(16)18-10-13(4)19-14-7-5-12(3)6-8-14/h5-8,11,13H,9-10H2,1-4H3,(H3,16,17,18). The Hall–Kier alpha value is -1.71. The minimum absolute atomic E-state index is 0.0375. The number of nitrogens with zero attached hydrogens (tertiary/aromatic N) is 1. The maximum absolute atomic E-state index is 5.77. The number of guanidine groups is 1. The summed E-state index contributed by atoms with van der Waals surface area (Å²) >= 11 is 0. The van der Waals surface area contributed by atoms with Gasteiger partial charge < -0.3 is 15.8 Å². The van der Waals surface area contributed by atoms with Crippen LogP contribution in [0.3, 0.4) is 0 Å². The molecule has 1 unspecified atom stereocenters. The minimum Gasteiger partial charge on any atom is -0.489 e. The molecule has 1 rings (SSSR count). The highest BCUT2D eigenvalue weighted by molar-refractivity contribution is 5.77. The third kappa shape index (κ3) is 6.70. The highest BCUT2D eigenvalue weighted by Gasteiger charge is 2.04. The summed E-state index contributed by atoms with van der Waals surface area (Å²) < 4.78 is 5.77. The number of aryl methyl sites for hydroxylation is 1. The van der Waals surface area contributed by atoms with Gasteiger partial charge in [0.25, 0.3) is 0 Å². The Morgan fingerprint density at radius 2 is 1.89 bits per heavy atom. The lowest BCUT2D eigenvalue weighted by atomic mass is 10.2. The molecule has 0 radical (unpaired) electrons. The maximum atomic E-state index is 5.77. The molecule has 4 nitrogen and oxygen atoms in total. The molecular weight excluding hydrogens is 238 g/mol. The molecule has 19 heavy (non-hydrogen) atoms. The van der Waals surface area contributed by atoms with Crippen LogP contribution in [0, 0.1) is 12.8 Å². The van der Waals surface area contributed by atoms with E-state index in [0.29, 0.717) is 18.4 Å². The van der Waals surface area contributed by atoms with Crippen molar-refractivity contribution in [3.05, 3.63) is 29.8 Å². The topological polar surface area (TPSA) is 59.6 Å². The molecule has 1 atom stereocenters. The molecule has 0 spiro atoms. The molecule has 0 heterocycles. The molecule has 0 aliphatic carbocycles. The van der Waals surface area contributed by atoms with Crippen molar-refractivity contribution in [2.24, 2.45) is 16.6 Å². The van der Waals surface area contributed by atoms with Gasteiger partial charge in [0.2, 0.25) is 0 Å². The molecule has 0 fully saturated rings. The predicted molar refractivity (Wildman–Crippen MR) is 80.6 cm³/mol. The van der Waals surface area contributed by atoms with E-state index in [1.54, 1.807) is 0 Å². The van der Waals surface area contributed by atoms with Crippen LogP contribution in [0.1, 0.15) is 26.3 Å². The second-order valence-corrected chi connectivity index (χ2v) is 5.24. The van der Waals surface area contributed by atoms with Crippen LogP contribution in [0.25, 0.3) is 0 Å². The summed E-state index contributed by atoms with van der Waals surface area (Å²) in [4.78, 5) is 4.24. The van der Waals surface area contributed by atoms with E-state index < -0.39 is 0 Å². The molecule has 0 amide bonds. The zero-order valence-electron chi connectivity index (χ0n) is 12.3. The second-order valence-electron chi connectivity index (χ2n) is 5.24. The van der Waals surface area contributed by atoms with Gasteiger partial charge in [-0.3, -0.25) is 4.99 Å². The molecule has 0 saturated carbocycles. The van der Waals surface area contributed by atoms with Crippen LogP contribution >= 0.6 is 0 Å². The van der Waals surface area contributed by atoms with Crippen molar-refractivity contribution in [2.75, 3.05) is 13.1 Å². The van der Waals surface area contributed by atoms with E-state index in [1.807, 2.05) is 31.2 Å². The lowest BCUT2D eigenvalue weighted by Gasteiger charge is -2.16. The molecule has 106 valence electrons. The number of benzene rings is 1. The molecule has 0 aliphatic rings. The fraction of sp³-hybridized carbons (Fsp3) is 0.533. The fourth-order valence-corrected chi connectivity index (χ4v) is 1.48. The summed E-state index contributed by atoms with van der Waals surface area (Å²) in [5.41, 5.74) is 6.99. The van der Waals surface area contributed by atoms with Crippen LogP contribution in [0.4, 0.5) is 0 Å². The lowest BCUT2D eigenvalue weighted by Crippen LogP contribution is -2.38. The zero-order valence-corrected chi connectivity index (χ0v) is 12.3. The third-order valence-electron chi connectivity index (χ3n) is 2.56. The van der Waals surface area contributed by atoms with Crippen molar-refractivity contribution in [3.63, 3.8) is 0 Å². The number of hydrogen-bond acceptors (Lipinski definition) is 2. The van der Waals surface area contributed by atoms with Crippen LogP contribution in [0.2, 0.25) is 0 Å². The van der Waals surface area contributed by atoms with Crippen molar-refractivity contribution >= 4 is 5.96 Å². The summed E-state index contributed by atoms with van der Waals surface area (Å²) in [6.45, 7) is 9.66. The Morgan fingerprint density at radius 1 is 1.26 bits per heavy atom. The zero-order chi connectivity index (χ0) is 14.3. The Balaban J connectivity index is 2.33. The lowest BCUT2D eigenvalue weighted by molar-refractivity contribution is 0.224. The van der Waals surface area contributed by atoms with Gasteiger partial charge in [-0.2, -0.15) is 0 Å². The first-order valence-corrected chi connectivity index (χ1v) is 6.74. The molecule has 0 saturated heterocycles. The summed E-state index contributed by atoms with van der Waals surface area (Å²) in [5, 5.41) is 3.07. The summed E-state index contributed by atoms with van der Waals surface area (Å²) in [7, 11) is 0. The highest BCUT2D eigenvalue weighted by atomic mass is 16.5. The molecular formula is C15H25N3O. The molecule has 4 heteroatoms. The molecule has 0 bridgehead atoms. The van der Waals surface area contributed by atoms with E-state index in [4.69, 9.17) is 10.5 Å².